The van der Waals surface area contributed by atoms with E-state index in [9.17, 15) is 13.2 Å². The van der Waals surface area contributed by atoms with Crippen LogP contribution in [-0.2, 0) is 14.8 Å². The molecule has 3 aromatic rings. The standard InChI is InChI=1S/C25H27N3O4S/c1-18-9-6-7-13-22(18)26-25(29)21-12-8-16-28(17-21)33(30,31)24-19(2)27-32-23(24)15-14-20-10-4-3-5-11-20/h3-7,9-11,13-15,21H,8,12,16-17H2,1-2H3,(H,26,29). The highest BCUT2D eigenvalue weighted by Gasteiger charge is 2.37. The number of carbonyl (C=O) groups excluding carboxylic acids is 1. The van der Waals surface area contributed by atoms with Crippen molar-refractivity contribution in [3.8, 4) is 0 Å². The van der Waals surface area contributed by atoms with E-state index in [-0.39, 0.29) is 23.1 Å². The van der Waals surface area contributed by atoms with Gasteiger partial charge in [-0.3, -0.25) is 4.79 Å². The van der Waals surface area contributed by atoms with Gasteiger partial charge in [0.1, 0.15) is 5.69 Å². The second-order valence-corrected chi connectivity index (χ2v) is 10.1. The van der Waals surface area contributed by atoms with E-state index in [1.165, 1.54) is 4.31 Å². The minimum absolute atomic E-state index is 0.0506. The predicted octanol–water partition coefficient (Wildman–Crippen LogP) is 4.50. The van der Waals surface area contributed by atoms with Gasteiger partial charge < -0.3 is 9.84 Å². The van der Waals surface area contributed by atoms with Crippen LogP contribution in [0, 0.1) is 19.8 Å². The van der Waals surface area contributed by atoms with E-state index in [4.69, 9.17) is 4.52 Å². The number of piperidine rings is 1. The highest BCUT2D eigenvalue weighted by molar-refractivity contribution is 7.89. The third-order valence-electron chi connectivity index (χ3n) is 5.82. The number of rotatable bonds is 6. The third-order valence-corrected chi connectivity index (χ3v) is 7.84. The summed E-state index contributed by atoms with van der Waals surface area (Å²) in [4.78, 5) is 12.9. The molecule has 1 atom stereocenters. The Morgan fingerprint density at radius 2 is 1.82 bits per heavy atom. The van der Waals surface area contributed by atoms with Crippen molar-refractivity contribution in [2.75, 3.05) is 18.4 Å². The number of sulfonamides is 1. The molecule has 2 aromatic carbocycles. The second-order valence-electron chi connectivity index (χ2n) is 8.21. The van der Waals surface area contributed by atoms with Crippen LogP contribution in [0.2, 0.25) is 0 Å². The Morgan fingerprint density at radius 3 is 2.58 bits per heavy atom. The van der Waals surface area contributed by atoms with Crippen LogP contribution in [0.15, 0.2) is 64.0 Å². The molecule has 1 fully saturated rings. The topological polar surface area (TPSA) is 92.5 Å². The van der Waals surface area contributed by atoms with Gasteiger partial charge in [0.2, 0.25) is 15.9 Å². The smallest absolute Gasteiger partial charge is 0.248 e. The fourth-order valence-corrected chi connectivity index (χ4v) is 5.76. The average molecular weight is 466 g/mol. The van der Waals surface area contributed by atoms with Crippen LogP contribution in [0.4, 0.5) is 5.69 Å². The molecule has 0 bridgehead atoms. The largest absolute Gasteiger partial charge is 0.355 e. The van der Waals surface area contributed by atoms with E-state index >= 15 is 0 Å². The zero-order valence-corrected chi connectivity index (χ0v) is 19.5. The fraction of sp³-hybridized carbons (Fsp3) is 0.280. The van der Waals surface area contributed by atoms with E-state index < -0.39 is 15.9 Å². The van der Waals surface area contributed by atoms with Crippen molar-refractivity contribution in [1.29, 1.82) is 0 Å². The van der Waals surface area contributed by atoms with Crippen molar-refractivity contribution in [3.63, 3.8) is 0 Å². The van der Waals surface area contributed by atoms with Gasteiger partial charge in [-0.25, -0.2) is 8.42 Å². The van der Waals surface area contributed by atoms with Gasteiger partial charge >= 0.3 is 0 Å². The molecule has 1 unspecified atom stereocenters. The summed E-state index contributed by atoms with van der Waals surface area (Å²) in [6.07, 6.45) is 4.64. The Labute approximate surface area is 194 Å². The lowest BCUT2D eigenvalue weighted by Crippen LogP contribution is -2.44. The monoisotopic (exact) mass is 465 g/mol. The minimum atomic E-state index is -3.89. The third kappa shape index (κ3) is 5.07. The quantitative estimate of drug-likeness (QED) is 0.579. The first-order valence-electron chi connectivity index (χ1n) is 10.9. The minimum Gasteiger partial charge on any atom is -0.355 e. The van der Waals surface area contributed by atoms with Crippen LogP contribution >= 0.6 is 0 Å². The molecule has 33 heavy (non-hydrogen) atoms. The van der Waals surface area contributed by atoms with Crippen molar-refractivity contribution in [2.24, 2.45) is 5.92 Å². The van der Waals surface area contributed by atoms with E-state index in [0.29, 0.717) is 25.1 Å². The molecule has 7 nitrogen and oxygen atoms in total. The van der Waals surface area contributed by atoms with Crippen molar-refractivity contribution in [1.82, 2.24) is 9.46 Å². The SMILES string of the molecule is Cc1ccccc1NC(=O)C1CCCN(S(=O)(=O)c2c(C)noc2C=Cc2ccccc2)C1. The molecule has 0 saturated carbocycles. The van der Waals surface area contributed by atoms with Crippen molar-refractivity contribution >= 4 is 33.8 Å². The number of carbonyl (C=O) groups is 1. The van der Waals surface area contributed by atoms with Crippen molar-refractivity contribution in [2.45, 2.75) is 31.6 Å². The Morgan fingerprint density at radius 1 is 1.09 bits per heavy atom. The summed E-state index contributed by atoms with van der Waals surface area (Å²) in [7, 11) is -3.89. The zero-order valence-electron chi connectivity index (χ0n) is 18.7. The van der Waals surface area contributed by atoms with Gasteiger partial charge in [-0.2, -0.15) is 4.31 Å². The van der Waals surface area contributed by atoms with E-state index in [0.717, 1.165) is 16.8 Å². The number of benzene rings is 2. The van der Waals surface area contributed by atoms with Gasteiger partial charge in [-0.05, 0) is 50.0 Å². The number of aromatic nitrogens is 1. The number of nitrogens with zero attached hydrogens (tertiary/aromatic N) is 2. The summed E-state index contributed by atoms with van der Waals surface area (Å²) in [5.41, 5.74) is 2.92. The molecule has 172 valence electrons. The fourth-order valence-electron chi connectivity index (χ4n) is 3.99. The first-order valence-corrected chi connectivity index (χ1v) is 12.4. The number of aryl methyl sites for hydroxylation is 2. The molecule has 2 heterocycles. The summed E-state index contributed by atoms with van der Waals surface area (Å²) >= 11 is 0. The van der Waals surface area contributed by atoms with Crippen LogP contribution in [-0.4, -0.2) is 36.9 Å². The highest BCUT2D eigenvalue weighted by Crippen LogP contribution is 2.30. The predicted molar refractivity (Wildman–Crippen MR) is 128 cm³/mol. The number of hydrogen-bond acceptors (Lipinski definition) is 5. The number of para-hydroxylation sites is 1. The van der Waals surface area contributed by atoms with E-state index in [1.807, 2.05) is 61.5 Å². The van der Waals surface area contributed by atoms with Gasteiger partial charge in [-0.1, -0.05) is 59.8 Å². The summed E-state index contributed by atoms with van der Waals surface area (Å²) in [5.74, 6) is -0.421. The molecule has 8 heteroatoms. The molecule has 1 aliphatic rings. The normalized spacial score (nSPS) is 17.3. The lowest BCUT2D eigenvalue weighted by atomic mass is 9.98. The molecular weight excluding hydrogens is 438 g/mol. The molecule has 0 spiro atoms. The highest BCUT2D eigenvalue weighted by atomic mass is 32.2. The van der Waals surface area contributed by atoms with Gasteiger partial charge in [0.15, 0.2) is 10.7 Å². The summed E-state index contributed by atoms with van der Waals surface area (Å²) in [6, 6.07) is 17.1. The van der Waals surface area contributed by atoms with Crippen molar-refractivity contribution in [3.05, 3.63) is 77.2 Å². The Hall–Kier alpha value is -3.23. The molecule has 0 radical (unpaired) electrons. The average Bonchev–Trinajstić information content (AvgIpc) is 3.21. The molecule has 1 aliphatic heterocycles. The number of nitrogens with one attached hydrogen (secondary N) is 1. The van der Waals surface area contributed by atoms with Crippen LogP contribution in [0.1, 0.15) is 35.4 Å². The Bertz CT molecular complexity index is 1270. The number of hydrogen-bond donors (Lipinski definition) is 1. The molecule has 1 aromatic heterocycles. The molecule has 1 saturated heterocycles. The maximum Gasteiger partial charge on any atom is 0.248 e. The lowest BCUT2D eigenvalue weighted by molar-refractivity contribution is -0.120. The summed E-state index contributed by atoms with van der Waals surface area (Å²) in [5, 5.41) is 6.84. The van der Waals surface area contributed by atoms with E-state index in [2.05, 4.69) is 10.5 Å². The van der Waals surface area contributed by atoms with Gasteiger partial charge in [0.05, 0.1) is 5.92 Å². The summed E-state index contributed by atoms with van der Waals surface area (Å²) < 4.78 is 33.8. The zero-order chi connectivity index (χ0) is 23.4. The van der Waals surface area contributed by atoms with Crippen LogP contribution in [0.3, 0.4) is 0 Å². The molecule has 0 aliphatic carbocycles. The van der Waals surface area contributed by atoms with Crippen LogP contribution in [0.25, 0.3) is 12.2 Å². The van der Waals surface area contributed by atoms with Crippen molar-refractivity contribution < 1.29 is 17.7 Å². The summed E-state index contributed by atoms with van der Waals surface area (Å²) in [6.45, 7) is 4.00. The molecule has 1 amide bonds. The van der Waals surface area contributed by atoms with Crippen LogP contribution in [0.5, 0.6) is 0 Å². The first-order chi connectivity index (χ1) is 15.9. The van der Waals surface area contributed by atoms with Gasteiger partial charge in [-0.15, -0.1) is 0 Å². The lowest BCUT2D eigenvalue weighted by Gasteiger charge is -2.31. The Balaban J connectivity index is 1.54. The maximum absolute atomic E-state index is 13.5. The van der Waals surface area contributed by atoms with Gasteiger partial charge in [0, 0.05) is 18.8 Å². The van der Waals surface area contributed by atoms with Gasteiger partial charge in [0.25, 0.3) is 0 Å². The van der Waals surface area contributed by atoms with Crippen LogP contribution < -0.4 is 5.32 Å². The molecule has 1 N–H and O–H groups in total. The maximum atomic E-state index is 13.5. The molecule has 4 rings (SSSR count). The number of anilines is 1. The molecular formula is C25H27N3O4S. The number of amides is 1. The van der Waals surface area contributed by atoms with E-state index in [1.54, 1.807) is 19.1 Å². The first kappa shape index (κ1) is 22.9. The Kier molecular flexibility index (Phi) is 6.76. The second kappa shape index (κ2) is 9.72.